The zero-order chi connectivity index (χ0) is 25.4. The molecule has 0 bridgehead atoms. The van der Waals surface area contributed by atoms with E-state index in [2.05, 4.69) is 5.32 Å². The summed E-state index contributed by atoms with van der Waals surface area (Å²) in [6.45, 7) is 0. The second kappa shape index (κ2) is 9.17. The number of hydrogen-bond donors (Lipinski definition) is 1. The van der Waals surface area contributed by atoms with Crippen LogP contribution in [0.4, 0.5) is 11.4 Å². The van der Waals surface area contributed by atoms with E-state index in [9.17, 15) is 14.4 Å². The lowest BCUT2D eigenvalue weighted by Crippen LogP contribution is -2.22. The largest absolute Gasteiger partial charge is 0.355 e. The van der Waals surface area contributed by atoms with Gasteiger partial charge in [0.05, 0.1) is 11.3 Å². The maximum atomic E-state index is 13.2. The molecule has 0 saturated carbocycles. The van der Waals surface area contributed by atoms with E-state index in [-0.39, 0.29) is 17.3 Å². The Kier molecular flexibility index (Phi) is 5.55. The maximum Gasteiger partial charge on any atom is 0.196 e. The Hall–Kier alpha value is -5.09. The summed E-state index contributed by atoms with van der Waals surface area (Å²) < 4.78 is 0. The van der Waals surface area contributed by atoms with Crippen molar-refractivity contribution in [3.63, 3.8) is 0 Å². The normalized spacial score (nSPS) is 12.0. The van der Waals surface area contributed by atoms with Crippen molar-refractivity contribution in [3.8, 4) is 11.1 Å². The molecule has 1 aliphatic carbocycles. The first-order valence-corrected chi connectivity index (χ1v) is 12.0. The highest BCUT2D eigenvalue weighted by molar-refractivity contribution is 6.30. The number of rotatable bonds is 5. The van der Waals surface area contributed by atoms with Gasteiger partial charge in [0.2, 0.25) is 0 Å². The van der Waals surface area contributed by atoms with Gasteiger partial charge in [-0.2, -0.15) is 0 Å². The van der Waals surface area contributed by atoms with E-state index in [1.165, 1.54) is 0 Å². The van der Waals surface area contributed by atoms with Crippen LogP contribution in [-0.2, 0) is 0 Å². The van der Waals surface area contributed by atoms with Crippen molar-refractivity contribution in [3.05, 3.63) is 155 Å². The number of anilines is 2. The van der Waals surface area contributed by atoms with E-state index in [0.29, 0.717) is 44.8 Å². The molecule has 0 heterocycles. The third-order valence-electron chi connectivity index (χ3n) is 6.63. The molecule has 0 amide bonds. The van der Waals surface area contributed by atoms with Crippen molar-refractivity contribution in [1.82, 2.24) is 0 Å². The molecular formula is C33H21NO3. The number of nitrogens with one attached hydrogen (secondary N) is 1. The summed E-state index contributed by atoms with van der Waals surface area (Å²) >= 11 is 0. The number of benzene rings is 5. The quantitative estimate of drug-likeness (QED) is 0.268. The molecular weight excluding hydrogens is 458 g/mol. The molecule has 0 spiro atoms. The van der Waals surface area contributed by atoms with Crippen LogP contribution in [0.2, 0.25) is 0 Å². The van der Waals surface area contributed by atoms with Gasteiger partial charge in [0.1, 0.15) is 0 Å². The molecule has 0 radical (unpaired) electrons. The van der Waals surface area contributed by atoms with E-state index in [4.69, 9.17) is 0 Å². The van der Waals surface area contributed by atoms with Crippen molar-refractivity contribution in [1.29, 1.82) is 0 Å². The van der Waals surface area contributed by atoms with E-state index < -0.39 is 0 Å². The smallest absolute Gasteiger partial charge is 0.196 e. The summed E-state index contributed by atoms with van der Waals surface area (Å²) in [4.78, 5) is 39.3. The molecule has 0 aromatic heterocycles. The lowest BCUT2D eigenvalue weighted by molar-refractivity contribution is 0.0979. The molecule has 1 aliphatic rings. The van der Waals surface area contributed by atoms with E-state index in [1.54, 1.807) is 66.7 Å². The summed E-state index contributed by atoms with van der Waals surface area (Å²) in [5, 5.41) is 3.26. The number of carbonyl (C=O) groups is 3. The van der Waals surface area contributed by atoms with Crippen molar-refractivity contribution in [2.24, 2.45) is 0 Å². The van der Waals surface area contributed by atoms with Crippen LogP contribution in [0.15, 0.2) is 121 Å². The Morgan fingerprint density at radius 2 is 1.03 bits per heavy atom. The second-order valence-corrected chi connectivity index (χ2v) is 8.91. The van der Waals surface area contributed by atoms with E-state index in [0.717, 1.165) is 11.1 Å². The van der Waals surface area contributed by atoms with Crippen LogP contribution in [-0.4, -0.2) is 17.3 Å². The molecule has 4 heteroatoms. The molecule has 0 atom stereocenters. The van der Waals surface area contributed by atoms with E-state index in [1.807, 2.05) is 54.6 Å². The number of carbonyl (C=O) groups excluding carboxylic acids is 3. The van der Waals surface area contributed by atoms with Gasteiger partial charge < -0.3 is 5.32 Å². The van der Waals surface area contributed by atoms with Crippen LogP contribution in [0.3, 0.4) is 0 Å². The molecule has 0 unspecified atom stereocenters. The monoisotopic (exact) mass is 479 g/mol. The van der Waals surface area contributed by atoms with Crippen LogP contribution < -0.4 is 5.32 Å². The van der Waals surface area contributed by atoms with Gasteiger partial charge in [0.15, 0.2) is 17.3 Å². The topological polar surface area (TPSA) is 63.2 Å². The number of fused-ring (bicyclic) bond motifs is 2. The Morgan fingerprint density at radius 1 is 0.486 bits per heavy atom. The van der Waals surface area contributed by atoms with Gasteiger partial charge in [-0.15, -0.1) is 0 Å². The average molecular weight is 480 g/mol. The van der Waals surface area contributed by atoms with Crippen LogP contribution >= 0.6 is 0 Å². The first-order valence-electron chi connectivity index (χ1n) is 12.0. The fraction of sp³-hybridized carbons (Fsp3) is 0. The Labute approximate surface area is 214 Å². The van der Waals surface area contributed by atoms with Crippen LogP contribution in [0.5, 0.6) is 0 Å². The molecule has 6 rings (SSSR count). The van der Waals surface area contributed by atoms with Gasteiger partial charge >= 0.3 is 0 Å². The predicted octanol–water partition coefficient (Wildman–Crippen LogP) is 7.10. The van der Waals surface area contributed by atoms with Gasteiger partial charge in [0, 0.05) is 33.5 Å². The van der Waals surface area contributed by atoms with Gasteiger partial charge in [-0.05, 0) is 41.5 Å². The van der Waals surface area contributed by atoms with Crippen LogP contribution in [0.25, 0.3) is 11.1 Å². The highest BCUT2D eigenvalue weighted by Gasteiger charge is 2.31. The van der Waals surface area contributed by atoms with Crippen molar-refractivity contribution >= 4 is 28.7 Å². The zero-order valence-electron chi connectivity index (χ0n) is 19.8. The number of hydrogen-bond acceptors (Lipinski definition) is 4. The van der Waals surface area contributed by atoms with Gasteiger partial charge in [-0.1, -0.05) is 91.0 Å². The van der Waals surface area contributed by atoms with Crippen molar-refractivity contribution in [2.45, 2.75) is 0 Å². The van der Waals surface area contributed by atoms with Crippen LogP contribution in [0.1, 0.15) is 47.8 Å². The summed E-state index contributed by atoms with van der Waals surface area (Å²) in [6, 6.07) is 36.8. The van der Waals surface area contributed by atoms with Gasteiger partial charge in [-0.3, -0.25) is 14.4 Å². The first-order chi connectivity index (χ1) is 18.1. The van der Waals surface area contributed by atoms with Gasteiger partial charge in [-0.25, -0.2) is 0 Å². The lowest BCUT2D eigenvalue weighted by atomic mass is 9.83. The molecule has 37 heavy (non-hydrogen) atoms. The Balaban J connectivity index is 1.23. The van der Waals surface area contributed by atoms with E-state index >= 15 is 0 Å². The van der Waals surface area contributed by atoms with Crippen LogP contribution in [0, 0.1) is 0 Å². The fourth-order valence-electron chi connectivity index (χ4n) is 4.72. The standard InChI is InChI=1S/C33H21NO3/c35-31(23-15-13-22(14-16-23)21-7-2-1-3-8-21)24-17-19-25(20-18-24)34-29-12-6-11-28-30(29)33(37)27-10-5-4-9-26(27)32(28)36/h1-20,34H. The molecule has 176 valence electrons. The third kappa shape index (κ3) is 4.05. The molecule has 5 aromatic rings. The molecule has 0 aliphatic heterocycles. The zero-order valence-corrected chi connectivity index (χ0v) is 19.8. The highest BCUT2D eigenvalue weighted by atomic mass is 16.1. The molecule has 0 saturated heterocycles. The minimum absolute atomic E-state index is 0.0689. The second-order valence-electron chi connectivity index (χ2n) is 8.91. The lowest BCUT2D eigenvalue weighted by Gasteiger charge is -2.20. The van der Waals surface area contributed by atoms with Gasteiger partial charge in [0.25, 0.3) is 0 Å². The first kappa shape index (κ1) is 22.4. The summed E-state index contributed by atoms with van der Waals surface area (Å²) in [6.07, 6.45) is 0. The molecule has 4 nitrogen and oxygen atoms in total. The van der Waals surface area contributed by atoms with Crippen molar-refractivity contribution in [2.75, 3.05) is 5.32 Å². The third-order valence-corrected chi connectivity index (χ3v) is 6.63. The molecule has 0 fully saturated rings. The molecule has 5 aromatic carbocycles. The highest BCUT2D eigenvalue weighted by Crippen LogP contribution is 2.33. The fourth-order valence-corrected chi connectivity index (χ4v) is 4.72. The maximum absolute atomic E-state index is 13.2. The number of ketones is 3. The average Bonchev–Trinajstić information content (AvgIpc) is 2.96. The van der Waals surface area contributed by atoms with Crippen molar-refractivity contribution < 1.29 is 14.4 Å². The summed E-state index contributed by atoms with van der Waals surface area (Å²) in [5.41, 5.74) is 6.19. The SMILES string of the molecule is O=C(c1ccc(Nc2cccc3c2C(=O)c2ccccc2C3=O)cc1)c1ccc(-c2ccccc2)cc1. The minimum atomic E-state index is -0.181. The minimum Gasteiger partial charge on any atom is -0.355 e. The summed E-state index contributed by atoms with van der Waals surface area (Å²) in [5.74, 6) is -0.409. The Morgan fingerprint density at radius 3 is 1.70 bits per heavy atom. The summed E-state index contributed by atoms with van der Waals surface area (Å²) in [7, 11) is 0. The molecule has 1 N–H and O–H groups in total. The predicted molar refractivity (Wildman–Crippen MR) is 145 cm³/mol. The Bertz CT molecular complexity index is 1670.